The minimum Gasteiger partial charge on any atom is -0.466 e. The molecular formula is C22H42IN5O2. The minimum absolute atomic E-state index is 0. The van der Waals surface area contributed by atoms with Crippen molar-refractivity contribution in [2.24, 2.45) is 10.9 Å². The van der Waals surface area contributed by atoms with Crippen molar-refractivity contribution in [1.82, 2.24) is 20.4 Å². The van der Waals surface area contributed by atoms with E-state index < -0.39 is 5.60 Å². The van der Waals surface area contributed by atoms with Crippen molar-refractivity contribution in [3.63, 3.8) is 0 Å². The van der Waals surface area contributed by atoms with Crippen molar-refractivity contribution in [3.05, 3.63) is 23.2 Å². The van der Waals surface area contributed by atoms with Crippen LogP contribution in [0.4, 0.5) is 0 Å². The predicted molar refractivity (Wildman–Crippen MR) is 135 cm³/mol. The quantitative estimate of drug-likeness (QED) is 0.257. The smallest absolute Gasteiger partial charge is 0.191 e. The fourth-order valence-electron chi connectivity index (χ4n) is 3.89. The van der Waals surface area contributed by atoms with Crippen molar-refractivity contribution in [2.45, 2.75) is 47.1 Å². The largest absolute Gasteiger partial charge is 0.466 e. The average Bonchev–Trinajstić information content (AvgIpc) is 3.03. The average molecular weight is 536 g/mol. The molecule has 0 aliphatic carbocycles. The molecule has 0 radical (unpaired) electrons. The summed E-state index contributed by atoms with van der Waals surface area (Å²) in [7, 11) is 0. The van der Waals surface area contributed by atoms with Crippen molar-refractivity contribution < 1.29 is 9.52 Å². The second-order valence-electron chi connectivity index (χ2n) is 8.52. The van der Waals surface area contributed by atoms with Crippen molar-refractivity contribution in [3.8, 4) is 0 Å². The zero-order valence-electron chi connectivity index (χ0n) is 19.6. The Kier molecular flexibility index (Phi) is 11.7. The molecule has 3 N–H and O–H groups in total. The standard InChI is InChI=1S/C22H41N5O2.HI/c1-7-23-21(25-16-22(6,28)20-13-18(4)29-19(20)5)24-14-17(3)15-27-11-9-26(8-2)10-12-27;/h13,17,28H,7-12,14-16H2,1-6H3,(H2,23,24,25);1H. The molecule has 1 fully saturated rings. The molecule has 0 aromatic carbocycles. The van der Waals surface area contributed by atoms with Gasteiger partial charge in [0.25, 0.3) is 0 Å². The van der Waals surface area contributed by atoms with Gasteiger partial charge in [-0.25, -0.2) is 4.99 Å². The fourth-order valence-corrected chi connectivity index (χ4v) is 3.89. The number of hydrogen-bond donors (Lipinski definition) is 3. The molecule has 2 unspecified atom stereocenters. The van der Waals surface area contributed by atoms with Gasteiger partial charge >= 0.3 is 0 Å². The molecular weight excluding hydrogens is 493 g/mol. The van der Waals surface area contributed by atoms with E-state index in [-0.39, 0.29) is 30.5 Å². The Morgan fingerprint density at radius 1 is 1.20 bits per heavy atom. The molecule has 1 aromatic heterocycles. The summed E-state index contributed by atoms with van der Waals surface area (Å²) in [5.41, 5.74) is -0.261. The highest BCUT2D eigenvalue weighted by atomic mass is 127. The molecule has 1 aliphatic rings. The van der Waals surface area contributed by atoms with E-state index >= 15 is 0 Å². The Morgan fingerprint density at radius 3 is 2.37 bits per heavy atom. The first-order valence-electron chi connectivity index (χ1n) is 11.0. The van der Waals surface area contributed by atoms with E-state index in [9.17, 15) is 5.11 Å². The Labute approximate surface area is 199 Å². The zero-order valence-corrected chi connectivity index (χ0v) is 22.0. The molecule has 0 spiro atoms. The number of aryl methyl sites for hydroxylation is 2. The van der Waals surface area contributed by atoms with Crippen LogP contribution in [0.2, 0.25) is 0 Å². The van der Waals surface area contributed by atoms with Gasteiger partial charge in [-0.1, -0.05) is 13.8 Å². The maximum Gasteiger partial charge on any atom is 0.191 e. The number of rotatable bonds is 9. The molecule has 0 amide bonds. The van der Waals surface area contributed by atoms with E-state index in [1.54, 1.807) is 6.92 Å². The van der Waals surface area contributed by atoms with E-state index in [1.807, 2.05) is 19.9 Å². The first kappa shape index (κ1) is 27.2. The van der Waals surface area contributed by atoms with Crippen LogP contribution in [0.25, 0.3) is 0 Å². The van der Waals surface area contributed by atoms with Crippen LogP contribution in [-0.2, 0) is 5.60 Å². The lowest BCUT2D eigenvalue weighted by molar-refractivity contribution is 0.0657. The Balaban J connectivity index is 0.00000450. The third-order valence-electron chi connectivity index (χ3n) is 5.61. The van der Waals surface area contributed by atoms with Gasteiger partial charge in [0, 0.05) is 51.4 Å². The predicted octanol–water partition coefficient (Wildman–Crippen LogP) is 2.55. The number of nitrogens with one attached hydrogen (secondary N) is 2. The van der Waals surface area contributed by atoms with Gasteiger partial charge in [0.15, 0.2) is 5.96 Å². The molecule has 0 saturated carbocycles. The molecule has 1 aromatic rings. The maximum absolute atomic E-state index is 10.9. The summed E-state index contributed by atoms with van der Waals surface area (Å²) in [5, 5.41) is 17.6. The molecule has 2 rings (SSSR count). The van der Waals surface area contributed by atoms with Crippen LogP contribution >= 0.6 is 24.0 Å². The molecule has 174 valence electrons. The number of hydrogen-bond acceptors (Lipinski definition) is 5. The summed E-state index contributed by atoms with van der Waals surface area (Å²) in [5.74, 6) is 2.82. The summed E-state index contributed by atoms with van der Waals surface area (Å²) in [6.45, 7) is 20.9. The highest BCUT2D eigenvalue weighted by Crippen LogP contribution is 2.27. The Morgan fingerprint density at radius 2 is 1.83 bits per heavy atom. The summed E-state index contributed by atoms with van der Waals surface area (Å²) in [6.07, 6.45) is 0. The van der Waals surface area contributed by atoms with Gasteiger partial charge in [0.2, 0.25) is 0 Å². The number of likely N-dealkylation sites (N-methyl/N-ethyl adjacent to an activating group) is 1. The van der Waals surface area contributed by atoms with E-state index in [0.717, 1.165) is 62.3 Å². The number of aliphatic hydroxyl groups is 1. The molecule has 2 atom stereocenters. The molecule has 8 heteroatoms. The molecule has 1 saturated heterocycles. The van der Waals surface area contributed by atoms with Crippen LogP contribution in [0, 0.1) is 19.8 Å². The van der Waals surface area contributed by atoms with E-state index in [2.05, 4.69) is 46.2 Å². The molecule has 0 bridgehead atoms. The highest BCUT2D eigenvalue weighted by molar-refractivity contribution is 14.0. The number of aliphatic imine (C=N–C) groups is 1. The summed E-state index contributed by atoms with van der Waals surface area (Å²) < 4.78 is 5.57. The lowest BCUT2D eigenvalue weighted by Crippen LogP contribution is -2.48. The second-order valence-corrected chi connectivity index (χ2v) is 8.52. The minimum atomic E-state index is -1.06. The van der Waals surface area contributed by atoms with Gasteiger partial charge in [0.1, 0.15) is 17.1 Å². The van der Waals surface area contributed by atoms with E-state index in [0.29, 0.717) is 5.92 Å². The third kappa shape index (κ3) is 8.36. The fraction of sp³-hybridized carbons (Fsp3) is 0.773. The monoisotopic (exact) mass is 535 g/mol. The summed E-state index contributed by atoms with van der Waals surface area (Å²) >= 11 is 0. The first-order valence-corrected chi connectivity index (χ1v) is 11.0. The second kappa shape index (κ2) is 12.9. The lowest BCUT2D eigenvalue weighted by atomic mass is 9.96. The number of furan rings is 1. The first-order chi connectivity index (χ1) is 13.7. The van der Waals surface area contributed by atoms with Crippen molar-refractivity contribution in [1.29, 1.82) is 0 Å². The van der Waals surface area contributed by atoms with Gasteiger partial charge in [-0.2, -0.15) is 0 Å². The van der Waals surface area contributed by atoms with Crippen LogP contribution in [-0.4, -0.2) is 79.8 Å². The Bertz CT molecular complexity index is 654. The zero-order chi connectivity index (χ0) is 21.4. The van der Waals surface area contributed by atoms with Crippen LogP contribution < -0.4 is 10.6 Å². The molecule has 1 aliphatic heterocycles. The van der Waals surface area contributed by atoms with Crippen LogP contribution in [0.3, 0.4) is 0 Å². The van der Waals surface area contributed by atoms with Crippen LogP contribution in [0.15, 0.2) is 15.5 Å². The molecule has 30 heavy (non-hydrogen) atoms. The molecule has 7 nitrogen and oxygen atoms in total. The summed E-state index contributed by atoms with van der Waals surface area (Å²) in [4.78, 5) is 9.69. The number of nitrogens with zero attached hydrogens (tertiary/aromatic N) is 3. The maximum atomic E-state index is 10.9. The van der Waals surface area contributed by atoms with E-state index in [4.69, 9.17) is 4.42 Å². The van der Waals surface area contributed by atoms with Gasteiger partial charge < -0.3 is 30.0 Å². The number of piperazine rings is 1. The third-order valence-corrected chi connectivity index (χ3v) is 5.61. The van der Waals surface area contributed by atoms with E-state index in [1.165, 1.54) is 13.1 Å². The number of guanidine groups is 1. The highest BCUT2D eigenvalue weighted by Gasteiger charge is 2.27. The van der Waals surface area contributed by atoms with Crippen molar-refractivity contribution >= 4 is 29.9 Å². The van der Waals surface area contributed by atoms with Gasteiger partial charge in [-0.05, 0) is 46.2 Å². The van der Waals surface area contributed by atoms with Gasteiger partial charge in [-0.15, -0.1) is 24.0 Å². The van der Waals surface area contributed by atoms with Crippen LogP contribution in [0.1, 0.15) is 44.8 Å². The SMILES string of the molecule is CCNC(=NCC(C)(O)c1cc(C)oc1C)NCC(C)CN1CCN(CC)CC1.I. The topological polar surface area (TPSA) is 76.3 Å². The van der Waals surface area contributed by atoms with Gasteiger partial charge in [-0.3, -0.25) is 0 Å². The lowest BCUT2D eigenvalue weighted by Gasteiger charge is -2.35. The normalized spacial score (nSPS) is 19.1. The van der Waals surface area contributed by atoms with Crippen molar-refractivity contribution in [2.75, 3.05) is 58.9 Å². The van der Waals surface area contributed by atoms with Gasteiger partial charge in [0.05, 0.1) is 6.54 Å². The Hall–Kier alpha value is -0.840. The molecule has 2 heterocycles. The number of halogens is 1. The summed E-state index contributed by atoms with van der Waals surface area (Å²) in [6, 6.07) is 1.89. The van der Waals surface area contributed by atoms with Crippen LogP contribution in [0.5, 0.6) is 0 Å².